The number of allylic oxidation sites excluding steroid dienone is 5. The number of rotatable bonds is 7. The van der Waals surface area contributed by atoms with Gasteiger partial charge in [-0.05, 0) is 81.6 Å². The third-order valence-corrected chi connectivity index (χ3v) is 6.74. The van der Waals surface area contributed by atoms with Crippen molar-refractivity contribution in [1.82, 2.24) is 4.90 Å². The minimum atomic E-state index is -4.79. The van der Waals surface area contributed by atoms with E-state index in [-0.39, 0.29) is 23.6 Å². The second-order valence-corrected chi connectivity index (χ2v) is 8.98. The fourth-order valence-electron chi connectivity index (χ4n) is 4.57. The van der Waals surface area contributed by atoms with Crippen LogP contribution in [-0.2, 0) is 5.60 Å². The fraction of sp³-hybridized carbons (Fsp3) is 0.500. The molecule has 0 aromatic heterocycles. The van der Waals surface area contributed by atoms with Crippen molar-refractivity contribution in [3.63, 3.8) is 0 Å². The minimum Gasteiger partial charge on any atom is -0.376 e. The van der Waals surface area contributed by atoms with E-state index >= 15 is 0 Å². The predicted octanol–water partition coefficient (Wildman–Crippen LogP) is 6.31. The Morgan fingerprint density at radius 3 is 2.03 bits per heavy atom. The van der Waals surface area contributed by atoms with Crippen LogP contribution in [0.5, 0.6) is 0 Å². The molecule has 1 amide bonds. The zero-order valence-corrected chi connectivity index (χ0v) is 18.7. The minimum absolute atomic E-state index is 0.132. The highest BCUT2D eigenvalue weighted by atomic mass is 19.4. The summed E-state index contributed by atoms with van der Waals surface area (Å²) in [5, 5.41) is 9.87. The summed E-state index contributed by atoms with van der Waals surface area (Å²) in [5.74, 6) is 0.333. The van der Waals surface area contributed by atoms with Gasteiger partial charge in [0.05, 0.1) is 0 Å². The van der Waals surface area contributed by atoms with Crippen LogP contribution in [0.25, 0.3) is 0 Å². The number of hydrogen-bond donors (Lipinski definition) is 1. The number of alkyl halides is 3. The van der Waals surface area contributed by atoms with Crippen LogP contribution < -0.4 is 0 Å². The maximum atomic E-state index is 13.3. The Labute approximate surface area is 188 Å². The van der Waals surface area contributed by atoms with Gasteiger partial charge in [0.1, 0.15) is 0 Å². The average molecular weight is 448 g/mol. The van der Waals surface area contributed by atoms with Crippen LogP contribution >= 0.6 is 0 Å². The molecule has 0 saturated heterocycles. The monoisotopic (exact) mass is 447 g/mol. The smallest absolute Gasteiger partial charge is 0.376 e. The fourth-order valence-corrected chi connectivity index (χ4v) is 4.57. The van der Waals surface area contributed by atoms with Crippen LogP contribution in [0.2, 0.25) is 0 Å². The first-order chi connectivity index (χ1) is 15.1. The molecule has 0 spiro atoms. The van der Waals surface area contributed by atoms with Crippen molar-refractivity contribution >= 4 is 5.91 Å². The lowest BCUT2D eigenvalue weighted by atomic mass is 9.80. The maximum absolute atomic E-state index is 13.3. The third-order valence-electron chi connectivity index (χ3n) is 6.74. The molecule has 6 heteroatoms. The number of aliphatic hydroxyl groups is 1. The van der Waals surface area contributed by atoms with E-state index in [4.69, 9.17) is 0 Å². The molecule has 174 valence electrons. The standard InChI is InChI=1S/C26H32F3NO2/c1-4-6-7-18(5-2)19-10-14-22(15-11-19)30(23-16-17-23)24(31)20-8-12-21(13-9-20)25(3,32)26(27,28)29/h4-9,12-13,19,22-23,32H,1,10-11,14-17H2,2-3H3/b7-6-,18-5+/t19?,22?,25-/m0/s1. The van der Waals surface area contributed by atoms with E-state index in [0.29, 0.717) is 11.5 Å². The normalized spacial score (nSPS) is 24.2. The first-order valence-electron chi connectivity index (χ1n) is 11.3. The first kappa shape index (κ1) is 24.3. The molecule has 2 aliphatic carbocycles. The van der Waals surface area contributed by atoms with Gasteiger partial charge >= 0.3 is 6.18 Å². The number of halogens is 3. The molecule has 1 aromatic carbocycles. The van der Waals surface area contributed by atoms with Crippen molar-refractivity contribution in [3.05, 3.63) is 71.8 Å². The third kappa shape index (κ3) is 5.17. The first-order valence-corrected chi connectivity index (χ1v) is 11.3. The number of benzene rings is 1. The van der Waals surface area contributed by atoms with E-state index < -0.39 is 11.8 Å². The number of carbonyl (C=O) groups excluding carboxylic acids is 1. The van der Waals surface area contributed by atoms with E-state index in [1.807, 2.05) is 17.9 Å². The van der Waals surface area contributed by atoms with Crippen LogP contribution in [0.3, 0.4) is 0 Å². The second-order valence-electron chi connectivity index (χ2n) is 8.98. The molecular formula is C26H32F3NO2. The molecule has 0 bridgehead atoms. The quantitative estimate of drug-likeness (QED) is 0.498. The summed E-state index contributed by atoms with van der Waals surface area (Å²) in [6, 6.07) is 5.56. The molecule has 3 rings (SSSR count). The van der Waals surface area contributed by atoms with E-state index in [2.05, 4.69) is 18.7 Å². The average Bonchev–Trinajstić information content (AvgIpc) is 3.59. The van der Waals surface area contributed by atoms with Crippen molar-refractivity contribution in [1.29, 1.82) is 0 Å². The van der Waals surface area contributed by atoms with Crippen molar-refractivity contribution < 1.29 is 23.1 Å². The Hall–Kier alpha value is -2.34. The lowest BCUT2D eigenvalue weighted by Gasteiger charge is -2.38. The highest BCUT2D eigenvalue weighted by Crippen LogP contribution is 2.40. The summed E-state index contributed by atoms with van der Waals surface area (Å²) in [4.78, 5) is 15.3. The largest absolute Gasteiger partial charge is 0.421 e. The molecule has 1 N–H and O–H groups in total. The molecular weight excluding hydrogens is 415 g/mol. The van der Waals surface area contributed by atoms with Gasteiger partial charge < -0.3 is 10.0 Å². The molecule has 0 radical (unpaired) electrons. The summed E-state index contributed by atoms with van der Waals surface area (Å²) in [7, 11) is 0. The van der Waals surface area contributed by atoms with E-state index in [9.17, 15) is 23.1 Å². The van der Waals surface area contributed by atoms with Gasteiger partial charge in [0.15, 0.2) is 5.60 Å². The van der Waals surface area contributed by atoms with Gasteiger partial charge in [0.2, 0.25) is 0 Å². The molecule has 1 atom stereocenters. The van der Waals surface area contributed by atoms with Gasteiger partial charge in [-0.3, -0.25) is 4.79 Å². The molecule has 2 saturated carbocycles. The number of carbonyl (C=O) groups is 1. The molecule has 2 fully saturated rings. The summed E-state index contributed by atoms with van der Waals surface area (Å²) >= 11 is 0. The highest BCUT2D eigenvalue weighted by molar-refractivity contribution is 5.95. The molecule has 0 unspecified atom stereocenters. The predicted molar refractivity (Wildman–Crippen MR) is 120 cm³/mol. The van der Waals surface area contributed by atoms with Crippen molar-refractivity contribution in [2.24, 2.45) is 5.92 Å². The Kier molecular flexibility index (Phi) is 7.33. The highest BCUT2D eigenvalue weighted by Gasteiger charge is 2.51. The van der Waals surface area contributed by atoms with Crippen LogP contribution in [0, 0.1) is 5.92 Å². The molecule has 32 heavy (non-hydrogen) atoms. The Bertz CT molecular complexity index is 871. The zero-order chi connectivity index (χ0) is 23.5. The van der Waals surface area contributed by atoms with Crippen LogP contribution in [0.1, 0.15) is 68.3 Å². The number of nitrogens with zero attached hydrogens (tertiary/aromatic N) is 1. The van der Waals surface area contributed by atoms with Crippen molar-refractivity contribution in [2.45, 2.75) is 76.2 Å². The van der Waals surface area contributed by atoms with Gasteiger partial charge in [0.25, 0.3) is 5.91 Å². The zero-order valence-electron chi connectivity index (χ0n) is 18.7. The molecule has 0 aliphatic heterocycles. The van der Waals surface area contributed by atoms with Gasteiger partial charge in [0, 0.05) is 17.6 Å². The lowest BCUT2D eigenvalue weighted by molar-refractivity contribution is -0.258. The van der Waals surface area contributed by atoms with E-state index in [0.717, 1.165) is 45.4 Å². The SMILES string of the molecule is C=C/C=C\C(=C/C)C1CCC(N(C(=O)c2ccc([C@](C)(O)C(F)(F)F)cc2)C2CC2)CC1. The Morgan fingerprint density at radius 1 is 1.06 bits per heavy atom. The maximum Gasteiger partial charge on any atom is 0.421 e. The molecule has 0 heterocycles. The summed E-state index contributed by atoms with van der Waals surface area (Å²) in [6.45, 7) is 6.49. The van der Waals surface area contributed by atoms with Gasteiger partial charge in [-0.15, -0.1) is 0 Å². The molecule has 3 nitrogen and oxygen atoms in total. The second kappa shape index (κ2) is 9.65. The molecule has 2 aliphatic rings. The van der Waals surface area contributed by atoms with Gasteiger partial charge in [-0.25, -0.2) is 0 Å². The summed E-state index contributed by atoms with van der Waals surface area (Å²) < 4.78 is 39.3. The topological polar surface area (TPSA) is 40.5 Å². The van der Waals surface area contributed by atoms with Crippen molar-refractivity contribution in [2.75, 3.05) is 0 Å². The Balaban J connectivity index is 1.71. The lowest BCUT2D eigenvalue weighted by Crippen LogP contribution is -2.44. The molecule has 1 aromatic rings. The Morgan fingerprint density at radius 2 is 1.59 bits per heavy atom. The van der Waals surface area contributed by atoms with Crippen LogP contribution in [0.15, 0.2) is 60.7 Å². The summed E-state index contributed by atoms with van der Waals surface area (Å²) in [5.41, 5.74) is -1.57. The number of hydrogen-bond acceptors (Lipinski definition) is 2. The van der Waals surface area contributed by atoms with Gasteiger partial charge in [-0.1, -0.05) is 43.0 Å². The summed E-state index contributed by atoms with van der Waals surface area (Å²) in [6.07, 6.45) is 8.90. The van der Waals surface area contributed by atoms with Crippen LogP contribution in [0.4, 0.5) is 13.2 Å². The van der Waals surface area contributed by atoms with Crippen LogP contribution in [-0.4, -0.2) is 34.2 Å². The number of amides is 1. The van der Waals surface area contributed by atoms with E-state index in [1.54, 1.807) is 6.08 Å². The van der Waals surface area contributed by atoms with Crippen molar-refractivity contribution in [3.8, 4) is 0 Å². The van der Waals surface area contributed by atoms with E-state index in [1.165, 1.54) is 29.8 Å². The van der Waals surface area contributed by atoms with Gasteiger partial charge in [-0.2, -0.15) is 13.2 Å².